The van der Waals surface area contributed by atoms with E-state index >= 15 is 0 Å². The summed E-state index contributed by atoms with van der Waals surface area (Å²) < 4.78 is 6.83. The van der Waals surface area contributed by atoms with E-state index in [1.807, 2.05) is 19.9 Å². The maximum Gasteiger partial charge on any atom is 0.263 e. The minimum atomic E-state index is -0.220. The van der Waals surface area contributed by atoms with Gasteiger partial charge in [0.2, 0.25) is 5.91 Å². The second-order valence-corrected chi connectivity index (χ2v) is 6.35. The minimum Gasteiger partial charge on any atom is -0.467 e. The van der Waals surface area contributed by atoms with Gasteiger partial charge in [0.1, 0.15) is 5.76 Å². The number of amides is 1. The Morgan fingerprint density at radius 3 is 2.96 bits per heavy atom. The molecule has 3 aromatic rings. The number of thioether (sulfide) groups is 1. The van der Waals surface area contributed by atoms with Crippen LogP contribution in [0.3, 0.4) is 0 Å². The van der Waals surface area contributed by atoms with Crippen LogP contribution in [0.4, 0.5) is 0 Å². The third-order valence-electron chi connectivity index (χ3n) is 3.69. The number of nitrogens with one attached hydrogen (secondary N) is 1. The summed E-state index contributed by atoms with van der Waals surface area (Å²) in [4.78, 5) is 33.2. The molecule has 25 heavy (non-hydrogen) atoms. The molecule has 1 N–H and O–H groups in total. The molecule has 0 saturated carbocycles. The molecule has 8 heteroatoms. The van der Waals surface area contributed by atoms with Crippen LogP contribution in [-0.4, -0.2) is 26.2 Å². The van der Waals surface area contributed by atoms with Crippen LogP contribution in [0.1, 0.15) is 25.6 Å². The molecule has 0 bridgehead atoms. The van der Waals surface area contributed by atoms with Gasteiger partial charge >= 0.3 is 0 Å². The van der Waals surface area contributed by atoms with Crippen molar-refractivity contribution >= 4 is 28.7 Å². The molecular weight excluding hydrogens is 340 g/mol. The topological polar surface area (TPSA) is 90.0 Å². The van der Waals surface area contributed by atoms with Gasteiger partial charge in [-0.1, -0.05) is 11.8 Å². The summed E-state index contributed by atoms with van der Waals surface area (Å²) in [6.07, 6.45) is 3.16. The second-order valence-electron chi connectivity index (χ2n) is 5.41. The van der Waals surface area contributed by atoms with Crippen molar-refractivity contribution in [2.75, 3.05) is 5.75 Å². The van der Waals surface area contributed by atoms with Gasteiger partial charge in [-0.3, -0.25) is 14.2 Å². The number of carbonyl (C=O) groups excluding carboxylic acids is 1. The molecule has 7 nitrogen and oxygen atoms in total. The highest BCUT2D eigenvalue weighted by Crippen LogP contribution is 2.18. The minimum absolute atomic E-state index is 0.146. The summed E-state index contributed by atoms with van der Waals surface area (Å²) in [6, 6.07) is 6.78. The Morgan fingerprint density at radius 2 is 2.24 bits per heavy atom. The summed E-state index contributed by atoms with van der Waals surface area (Å²) in [5, 5.41) is 3.82. The third kappa shape index (κ3) is 3.74. The molecule has 3 rings (SSSR count). The quantitative estimate of drug-likeness (QED) is 0.537. The van der Waals surface area contributed by atoms with Crippen LogP contribution in [0.2, 0.25) is 0 Å². The van der Waals surface area contributed by atoms with Gasteiger partial charge in [0.15, 0.2) is 10.8 Å². The first-order valence-electron chi connectivity index (χ1n) is 7.91. The van der Waals surface area contributed by atoms with E-state index in [2.05, 4.69) is 15.3 Å². The van der Waals surface area contributed by atoms with Crippen LogP contribution in [0.25, 0.3) is 11.0 Å². The van der Waals surface area contributed by atoms with Gasteiger partial charge in [0, 0.05) is 12.7 Å². The van der Waals surface area contributed by atoms with Crippen molar-refractivity contribution in [2.24, 2.45) is 0 Å². The highest BCUT2D eigenvalue weighted by atomic mass is 32.2. The molecule has 3 aromatic heterocycles. The number of nitrogens with zero attached hydrogens (tertiary/aromatic N) is 3. The fourth-order valence-corrected chi connectivity index (χ4v) is 3.31. The summed E-state index contributed by atoms with van der Waals surface area (Å²) in [6.45, 7) is 4.19. The Balaban J connectivity index is 1.74. The predicted octanol–water partition coefficient (Wildman–Crippen LogP) is 2.37. The molecule has 1 unspecified atom stereocenters. The Bertz CT molecular complexity index is 937. The lowest BCUT2D eigenvalue weighted by molar-refractivity contribution is -0.119. The molecule has 0 aliphatic carbocycles. The molecular formula is C17H18N4O3S. The third-order valence-corrected chi connectivity index (χ3v) is 4.67. The summed E-state index contributed by atoms with van der Waals surface area (Å²) >= 11 is 1.22. The van der Waals surface area contributed by atoms with Crippen molar-refractivity contribution in [3.8, 4) is 0 Å². The highest BCUT2D eigenvalue weighted by molar-refractivity contribution is 7.99. The van der Waals surface area contributed by atoms with Crippen LogP contribution in [0.5, 0.6) is 0 Å². The molecule has 0 spiro atoms. The van der Waals surface area contributed by atoms with Gasteiger partial charge in [0.05, 0.1) is 23.4 Å². The summed E-state index contributed by atoms with van der Waals surface area (Å²) in [5.41, 5.74) is 0.247. The van der Waals surface area contributed by atoms with Gasteiger partial charge < -0.3 is 9.73 Å². The molecule has 1 atom stereocenters. The van der Waals surface area contributed by atoms with Gasteiger partial charge in [-0.15, -0.1) is 0 Å². The van der Waals surface area contributed by atoms with E-state index in [9.17, 15) is 9.59 Å². The smallest absolute Gasteiger partial charge is 0.263 e. The molecule has 0 aliphatic heterocycles. The van der Waals surface area contributed by atoms with Crippen molar-refractivity contribution in [2.45, 2.75) is 31.6 Å². The van der Waals surface area contributed by atoms with Crippen molar-refractivity contribution in [1.82, 2.24) is 19.9 Å². The molecule has 0 aliphatic rings. The number of rotatable bonds is 6. The zero-order valence-corrected chi connectivity index (χ0v) is 14.7. The van der Waals surface area contributed by atoms with E-state index in [1.54, 1.807) is 35.2 Å². The Morgan fingerprint density at radius 1 is 1.40 bits per heavy atom. The van der Waals surface area contributed by atoms with E-state index in [-0.39, 0.29) is 23.3 Å². The number of fused-ring (bicyclic) bond motifs is 1. The van der Waals surface area contributed by atoms with E-state index < -0.39 is 0 Å². The SMILES string of the molecule is CCn1c(SCC(=O)NC(C)c2ccco2)nc2ncccc2c1=O. The van der Waals surface area contributed by atoms with Crippen molar-refractivity contribution in [3.63, 3.8) is 0 Å². The number of aromatic nitrogens is 3. The predicted molar refractivity (Wildman–Crippen MR) is 95.5 cm³/mol. The maximum atomic E-state index is 12.5. The molecule has 0 saturated heterocycles. The lowest BCUT2D eigenvalue weighted by Crippen LogP contribution is -2.29. The molecule has 130 valence electrons. The Labute approximate surface area is 148 Å². The van der Waals surface area contributed by atoms with E-state index in [0.29, 0.717) is 28.5 Å². The van der Waals surface area contributed by atoms with E-state index in [1.165, 1.54) is 11.8 Å². The fraction of sp³-hybridized carbons (Fsp3) is 0.294. The monoisotopic (exact) mass is 358 g/mol. The Hall–Kier alpha value is -2.61. The molecule has 1 amide bonds. The molecule has 3 heterocycles. The van der Waals surface area contributed by atoms with Crippen LogP contribution < -0.4 is 10.9 Å². The maximum absolute atomic E-state index is 12.5. The molecule has 0 aromatic carbocycles. The van der Waals surface area contributed by atoms with Gasteiger partial charge in [-0.25, -0.2) is 9.97 Å². The number of carbonyl (C=O) groups is 1. The van der Waals surface area contributed by atoms with Gasteiger partial charge in [-0.2, -0.15) is 0 Å². The first kappa shape index (κ1) is 17.2. The lowest BCUT2D eigenvalue weighted by atomic mass is 10.2. The van der Waals surface area contributed by atoms with Gasteiger partial charge in [-0.05, 0) is 38.1 Å². The molecule has 0 radical (unpaired) electrons. The summed E-state index contributed by atoms with van der Waals surface area (Å²) in [7, 11) is 0. The Kier molecular flexibility index (Phi) is 5.18. The van der Waals surface area contributed by atoms with E-state index in [0.717, 1.165) is 0 Å². The van der Waals surface area contributed by atoms with Crippen LogP contribution in [0, 0.1) is 0 Å². The highest BCUT2D eigenvalue weighted by Gasteiger charge is 2.15. The average Bonchev–Trinajstić information content (AvgIpc) is 3.15. The number of hydrogen-bond acceptors (Lipinski definition) is 6. The van der Waals surface area contributed by atoms with Gasteiger partial charge in [0.25, 0.3) is 5.56 Å². The average molecular weight is 358 g/mol. The molecule has 0 fully saturated rings. The first-order chi connectivity index (χ1) is 12.1. The largest absolute Gasteiger partial charge is 0.467 e. The lowest BCUT2D eigenvalue weighted by Gasteiger charge is -2.13. The standard InChI is InChI=1S/C17H18N4O3S/c1-3-21-16(23)12-6-4-8-18-15(12)20-17(21)25-10-14(22)19-11(2)13-7-5-9-24-13/h4-9,11H,3,10H2,1-2H3,(H,19,22). The zero-order valence-electron chi connectivity index (χ0n) is 13.9. The number of pyridine rings is 1. The second kappa shape index (κ2) is 7.52. The zero-order chi connectivity index (χ0) is 17.8. The van der Waals surface area contributed by atoms with Crippen molar-refractivity contribution in [1.29, 1.82) is 0 Å². The van der Waals surface area contributed by atoms with Crippen LogP contribution >= 0.6 is 11.8 Å². The van der Waals surface area contributed by atoms with Crippen molar-refractivity contribution in [3.05, 3.63) is 52.8 Å². The summed E-state index contributed by atoms with van der Waals surface area (Å²) in [5.74, 6) is 0.680. The normalized spacial score (nSPS) is 12.2. The van der Waals surface area contributed by atoms with Crippen LogP contribution in [-0.2, 0) is 11.3 Å². The number of hydrogen-bond donors (Lipinski definition) is 1. The number of furan rings is 1. The fourth-order valence-electron chi connectivity index (χ4n) is 2.45. The van der Waals surface area contributed by atoms with Crippen LogP contribution in [0.15, 0.2) is 51.1 Å². The first-order valence-corrected chi connectivity index (χ1v) is 8.89. The van der Waals surface area contributed by atoms with Crippen molar-refractivity contribution < 1.29 is 9.21 Å². The van der Waals surface area contributed by atoms with E-state index in [4.69, 9.17) is 4.42 Å².